The Labute approximate surface area is 127 Å². The van der Waals surface area contributed by atoms with Crippen LogP contribution in [-0.2, 0) is 4.74 Å². The summed E-state index contributed by atoms with van der Waals surface area (Å²) < 4.78 is 4.68. The van der Waals surface area contributed by atoms with Crippen molar-refractivity contribution in [3.05, 3.63) is 40.4 Å². The molecule has 0 aliphatic rings. The van der Waals surface area contributed by atoms with E-state index in [0.717, 1.165) is 11.3 Å². The number of aryl methyl sites for hydroxylation is 1. The molecule has 5 nitrogen and oxygen atoms in total. The van der Waals surface area contributed by atoms with Crippen LogP contribution in [0.2, 0.25) is 0 Å². The zero-order chi connectivity index (χ0) is 15.6. The van der Waals surface area contributed by atoms with Crippen LogP contribution in [0.15, 0.2) is 24.3 Å². The minimum absolute atomic E-state index is 0.0731. The lowest BCUT2D eigenvalue weighted by molar-refractivity contribution is 0.0591. The summed E-state index contributed by atoms with van der Waals surface area (Å²) in [5, 5.41) is 0.574. The molecule has 0 amide bonds. The minimum Gasteiger partial charge on any atom is -0.464 e. The van der Waals surface area contributed by atoms with Gasteiger partial charge in [-0.1, -0.05) is 29.0 Å². The van der Waals surface area contributed by atoms with E-state index in [1.807, 2.05) is 43.1 Å². The van der Waals surface area contributed by atoms with Crippen molar-refractivity contribution in [1.29, 1.82) is 0 Å². The lowest BCUT2D eigenvalue weighted by Crippen LogP contribution is -2.10. The van der Waals surface area contributed by atoms with Crippen LogP contribution in [0, 0.1) is 6.92 Å². The first-order valence-corrected chi connectivity index (χ1v) is 7.16. The van der Waals surface area contributed by atoms with Gasteiger partial charge in [0.25, 0.3) is 0 Å². The van der Waals surface area contributed by atoms with Crippen molar-refractivity contribution in [3.63, 3.8) is 0 Å². The Morgan fingerprint density at radius 3 is 2.38 bits per heavy atom. The van der Waals surface area contributed by atoms with Crippen LogP contribution in [0.1, 0.15) is 32.6 Å². The average Bonchev–Trinajstić information content (AvgIpc) is 2.92. The topological polar surface area (TPSA) is 59.5 Å². The Morgan fingerprint density at radius 1 is 1.24 bits per heavy atom. The maximum Gasteiger partial charge on any atom is 0.358 e. The summed E-state index contributed by atoms with van der Waals surface area (Å²) in [6.07, 6.45) is 0. The second-order valence-electron chi connectivity index (χ2n) is 4.62. The summed E-state index contributed by atoms with van der Waals surface area (Å²) in [7, 11) is 3.11. The molecule has 21 heavy (non-hydrogen) atoms. The van der Waals surface area contributed by atoms with E-state index in [1.54, 1.807) is 0 Å². The van der Waals surface area contributed by atoms with E-state index in [-0.39, 0.29) is 11.5 Å². The number of benzene rings is 1. The third-order valence-corrected chi connectivity index (χ3v) is 4.26. The van der Waals surface area contributed by atoms with Crippen LogP contribution in [0.25, 0.3) is 0 Å². The van der Waals surface area contributed by atoms with Crippen molar-refractivity contribution < 1.29 is 14.3 Å². The molecule has 0 N–H and O–H groups in total. The Bertz CT molecular complexity index is 677. The fraction of sp³-hybridized carbons (Fsp3) is 0.267. The van der Waals surface area contributed by atoms with E-state index in [9.17, 15) is 9.59 Å². The number of hydrogen-bond donors (Lipinski definition) is 0. The molecule has 0 saturated heterocycles. The standard InChI is InChI=1S/C15H16N2O3S/c1-9-5-7-11(8-6-9)17(3)15-16-12(14(19)20-4)13(21-15)10(2)18/h5-8H,1-4H3. The zero-order valence-electron chi connectivity index (χ0n) is 12.3. The number of hydrogen-bond acceptors (Lipinski definition) is 6. The molecular formula is C15H16N2O3S. The number of ether oxygens (including phenoxy) is 1. The molecule has 2 aromatic rings. The van der Waals surface area contributed by atoms with Gasteiger partial charge in [-0.2, -0.15) is 0 Å². The third kappa shape index (κ3) is 3.11. The third-order valence-electron chi connectivity index (χ3n) is 3.02. The molecule has 1 aromatic carbocycles. The first-order chi connectivity index (χ1) is 9.93. The molecule has 1 aromatic heterocycles. The molecular weight excluding hydrogens is 288 g/mol. The fourth-order valence-corrected chi connectivity index (χ4v) is 2.74. The van der Waals surface area contributed by atoms with Gasteiger partial charge in [-0.25, -0.2) is 9.78 Å². The molecule has 0 aliphatic heterocycles. The smallest absolute Gasteiger partial charge is 0.358 e. The van der Waals surface area contributed by atoms with Gasteiger partial charge in [-0.05, 0) is 19.1 Å². The van der Waals surface area contributed by atoms with Crippen molar-refractivity contribution in [2.75, 3.05) is 19.1 Å². The maximum absolute atomic E-state index is 11.7. The molecule has 6 heteroatoms. The lowest BCUT2D eigenvalue weighted by Gasteiger charge is -2.15. The Kier molecular flexibility index (Phi) is 4.37. The summed E-state index contributed by atoms with van der Waals surface area (Å²) in [5.41, 5.74) is 2.16. The van der Waals surface area contributed by atoms with Gasteiger partial charge in [0, 0.05) is 19.7 Å². The highest BCUT2D eigenvalue weighted by atomic mass is 32.1. The van der Waals surface area contributed by atoms with E-state index >= 15 is 0 Å². The summed E-state index contributed by atoms with van der Waals surface area (Å²) >= 11 is 1.18. The molecule has 2 rings (SSSR count). The Hall–Kier alpha value is -2.21. The number of thiazole rings is 1. The molecule has 0 saturated carbocycles. The van der Waals surface area contributed by atoms with E-state index in [0.29, 0.717) is 10.0 Å². The zero-order valence-corrected chi connectivity index (χ0v) is 13.2. The van der Waals surface area contributed by atoms with E-state index in [4.69, 9.17) is 0 Å². The monoisotopic (exact) mass is 304 g/mol. The lowest BCUT2D eigenvalue weighted by atomic mass is 10.2. The number of ketones is 1. The normalized spacial score (nSPS) is 10.3. The molecule has 0 bridgehead atoms. The van der Waals surface area contributed by atoms with Gasteiger partial charge in [-0.15, -0.1) is 0 Å². The van der Waals surface area contributed by atoms with Crippen LogP contribution in [-0.4, -0.2) is 30.9 Å². The minimum atomic E-state index is -0.597. The quantitative estimate of drug-likeness (QED) is 0.641. The van der Waals surface area contributed by atoms with E-state index in [1.165, 1.54) is 25.4 Å². The molecule has 1 heterocycles. The van der Waals surface area contributed by atoms with Crippen molar-refractivity contribution in [3.8, 4) is 0 Å². The van der Waals surface area contributed by atoms with Gasteiger partial charge < -0.3 is 9.64 Å². The van der Waals surface area contributed by atoms with E-state index < -0.39 is 5.97 Å². The number of methoxy groups -OCH3 is 1. The number of Topliss-reactive ketones (excluding diaryl/α,β-unsaturated/α-hetero) is 1. The molecule has 0 fully saturated rings. The van der Waals surface area contributed by atoms with Crippen LogP contribution in [0.5, 0.6) is 0 Å². The SMILES string of the molecule is COC(=O)c1nc(N(C)c2ccc(C)cc2)sc1C(C)=O. The largest absolute Gasteiger partial charge is 0.464 e. The van der Waals surface area contributed by atoms with Gasteiger partial charge in [0.05, 0.1) is 7.11 Å². The van der Waals surface area contributed by atoms with Crippen molar-refractivity contribution >= 4 is 33.9 Å². The highest BCUT2D eigenvalue weighted by Crippen LogP contribution is 2.31. The number of anilines is 2. The summed E-state index contributed by atoms with van der Waals surface area (Å²) in [4.78, 5) is 29.8. The number of carbonyl (C=O) groups excluding carboxylic acids is 2. The predicted molar refractivity (Wildman–Crippen MR) is 82.7 cm³/mol. The van der Waals surface area contributed by atoms with Crippen molar-refractivity contribution in [2.45, 2.75) is 13.8 Å². The number of carbonyl (C=O) groups is 2. The summed E-state index contributed by atoms with van der Waals surface area (Å²) in [6, 6.07) is 7.91. The predicted octanol–water partition coefficient (Wildman–Crippen LogP) is 3.21. The van der Waals surface area contributed by atoms with Crippen LogP contribution >= 0.6 is 11.3 Å². The molecule has 110 valence electrons. The first-order valence-electron chi connectivity index (χ1n) is 6.34. The van der Waals surface area contributed by atoms with Crippen molar-refractivity contribution in [1.82, 2.24) is 4.98 Å². The second-order valence-corrected chi connectivity index (χ2v) is 5.59. The average molecular weight is 304 g/mol. The number of rotatable bonds is 4. The number of nitrogens with zero attached hydrogens (tertiary/aromatic N) is 2. The summed E-state index contributed by atoms with van der Waals surface area (Å²) in [5.74, 6) is -0.795. The molecule has 0 aliphatic carbocycles. The number of esters is 1. The van der Waals surface area contributed by atoms with Gasteiger partial charge in [0.2, 0.25) is 0 Å². The highest BCUT2D eigenvalue weighted by molar-refractivity contribution is 7.17. The fourth-order valence-electron chi connectivity index (χ4n) is 1.80. The summed E-state index contributed by atoms with van der Waals surface area (Å²) in [6.45, 7) is 3.42. The first kappa shape index (κ1) is 15.2. The Morgan fingerprint density at radius 2 is 1.86 bits per heavy atom. The van der Waals surface area contributed by atoms with E-state index in [2.05, 4.69) is 9.72 Å². The van der Waals surface area contributed by atoms with Gasteiger partial charge >= 0.3 is 5.97 Å². The molecule has 0 atom stereocenters. The van der Waals surface area contributed by atoms with Gasteiger partial charge in [0.1, 0.15) is 4.88 Å². The Balaban J connectivity index is 2.42. The molecule has 0 radical (unpaired) electrons. The van der Waals surface area contributed by atoms with Crippen LogP contribution < -0.4 is 4.90 Å². The molecule has 0 unspecified atom stereocenters. The van der Waals surface area contributed by atoms with Gasteiger partial charge in [-0.3, -0.25) is 4.79 Å². The maximum atomic E-state index is 11.7. The second kappa shape index (κ2) is 6.05. The number of aromatic nitrogens is 1. The highest BCUT2D eigenvalue weighted by Gasteiger charge is 2.23. The van der Waals surface area contributed by atoms with Gasteiger partial charge in [0.15, 0.2) is 16.6 Å². The van der Waals surface area contributed by atoms with Crippen molar-refractivity contribution in [2.24, 2.45) is 0 Å². The van der Waals surface area contributed by atoms with Crippen LogP contribution in [0.4, 0.5) is 10.8 Å². The van der Waals surface area contributed by atoms with Crippen LogP contribution in [0.3, 0.4) is 0 Å². The molecule has 0 spiro atoms.